The summed E-state index contributed by atoms with van der Waals surface area (Å²) in [7, 11) is 0. The highest BCUT2D eigenvalue weighted by Crippen LogP contribution is 2.25. The number of hydrogen-bond donors (Lipinski definition) is 3. The lowest BCUT2D eigenvalue weighted by atomic mass is 10.1. The minimum Gasteiger partial charge on any atom is -0.480 e. The van der Waals surface area contributed by atoms with Crippen LogP contribution in [-0.4, -0.2) is 51.1 Å². The number of fused-ring (bicyclic) bond motifs is 1. The van der Waals surface area contributed by atoms with Gasteiger partial charge in [0.05, 0.1) is 11.3 Å². The Balaban J connectivity index is 1.22. The number of nitriles is 1. The van der Waals surface area contributed by atoms with Gasteiger partial charge in [-0.05, 0) is 55.2 Å². The van der Waals surface area contributed by atoms with Crippen molar-refractivity contribution in [2.24, 2.45) is 0 Å². The first-order valence-corrected chi connectivity index (χ1v) is 11.7. The van der Waals surface area contributed by atoms with Crippen LogP contribution in [0.2, 0.25) is 0 Å². The molecule has 9 nitrogen and oxygen atoms in total. The molecule has 0 spiro atoms. The standard InChI is InChI=1S/C27H24N6O3/c28-15-20-16-31-23-8-3-17(14-21(20)23)9-11-29-25(34)19-6-4-18(5-7-19)22-10-12-30-27(32-22)33-13-1-2-24(33)26(35)36/h3-8,10,12,14,16,24,31H,1-2,9,11,13H2,(H,29,34)(H,35,36). The first kappa shape index (κ1) is 23.1. The monoisotopic (exact) mass is 480 g/mol. The van der Waals surface area contributed by atoms with Crippen molar-refractivity contribution in [2.45, 2.75) is 25.3 Å². The van der Waals surface area contributed by atoms with Crippen molar-refractivity contribution in [3.8, 4) is 17.3 Å². The molecule has 1 fully saturated rings. The van der Waals surface area contributed by atoms with Crippen LogP contribution in [0.5, 0.6) is 0 Å². The highest BCUT2D eigenvalue weighted by atomic mass is 16.4. The quantitative estimate of drug-likeness (QED) is 0.368. The molecule has 0 aliphatic carbocycles. The maximum atomic E-state index is 12.6. The normalized spacial score (nSPS) is 15.1. The van der Waals surface area contributed by atoms with Crippen LogP contribution in [0.4, 0.5) is 5.95 Å². The summed E-state index contributed by atoms with van der Waals surface area (Å²) < 4.78 is 0. The predicted molar refractivity (Wildman–Crippen MR) is 135 cm³/mol. The van der Waals surface area contributed by atoms with Gasteiger partial charge in [0.2, 0.25) is 5.95 Å². The highest BCUT2D eigenvalue weighted by molar-refractivity contribution is 5.94. The van der Waals surface area contributed by atoms with Crippen LogP contribution in [-0.2, 0) is 11.2 Å². The number of carbonyl (C=O) groups excluding carboxylic acids is 1. The van der Waals surface area contributed by atoms with E-state index in [1.807, 2.05) is 30.3 Å². The number of H-pyrrole nitrogens is 1. The fourth-order valence-corrected chi connectivity index (χ4v) is 4.54. The van der Waals surface area contributed by atoms with Gasteiger partial charge >= 0.3 is 5.97 Å². The molecule has 1 saturated heterocycles. The van der Waals surface area contributed by atoms with E-state index in [4.69, 9.17) is 0 Å². The molecular weight excluding hydrogens is 456 g/mol. The van der Waals surface area contributed by atoms with Crippen molar-refractivity contribution in [3.63, 3.8) is 0 Å². The zero-order valence-corrected chi connectivity index (χ0v) is 19.4. The molecule has 1 aliphatic rings. The van der Waals surface area contributed by atoms with Gasteiger partial charge in [0.1, 0.15) is 12.1 Å². The molecule has 0 saturated carbocycles. The smallest absolute Gasteiger partial charge is 0.326 e. The van der Waals surface area contributed by atoms with Crippen LogP contribution in [0.3, 0.4) is 0 Å². The highest BCUT2D eigenvalue weighted by Gasteiger charge is 2.32. The second kappa shape index (κ2) is 9.88. The number of aliphatic carboxylic acids is 1. The van der Waals surface area contributed by atoms with E-state index in [1.165, 1.54) is 0 Å². The molecule has 0 radical (unpaired) electrons. The predicted octanol–water partition coefficient (Wildman–Crippen LogP) is 3.52. The van der Waals surface area contributed by atoms with E-state index in [0.29, 0.717) is 48.7 Å². The van der Waals surface area contributed by atoms with E-state index >= 15 is 0 Å². The lowest BCUT2D eigenvalue weighted by Gasteiger charge is -2.21. The first-order valence-electron chi connectivity index (χ1n) is 11.7. The van der Waals surface area contributed by atoms with E-state index in [9.17, 15) is 20.0 Å². The number of nitrogens with one attached hydrogen (secondary N) is 2. The Hall–Kier alpha value is -4.71. The third kappa shape index (κ3) is 4.61. The van der Waals surface area contributed by atoms with Crippen LogP contribution < -0.4 is 10.2 Å². The van der Waals surface area contributed by atoms with Crippen molar-refractivity contribution in [3.05, 3.63) is 77.6 Å². The van der Waals surface area contributed by atoms with Gasteiger partial charge in [-0.2, -0.15) is 5.26 Å². The van der Waals surface area contributed by atoms with Crippen molar-refractivity contribution in [1.82, 2.24) is 20.3 Å². The van der Waals surface area contributed by atoms with Gasteiger partial charge in [0, 0.05) is 47.5 Å². The number of rotatable bonds is 7. The van der Waals surface area contributed by atoms with Crippen LogP contribution >= 0.6 is 0 Å². The molecule has 2 aromatic heterocycles. The molecule has 2 aromatic carbocycles. The minimum absolute atomic E-state index is 0.174. The first-order chi connectivity index (χ1) is 17.5. The second-order valence-corrected chi connectivity index (χ2v) is 8.71. The average Bonchev–Trinajstić information content (AvgIpc) is 3.56. The van der Waals surface area contributed by atoms with Gasteiger partial charge in [-0.1, -0.05) is 18.2 Å². The molecule has 5 rings (SSSR count). The molecule has 36 heavy (non-hydrogen) atoms. The molecule has 0 bridgehead atoms. The lowest BCUT2D eigenvalue weighted by Crippen LogP contribution is -2.37. The summed E-state index contributed by atoms with van der Waals surface area (Å²) in [5, 5.41) is 22.5. The SMILES string of the molecule is N#Cc1c[nH]c2ccc(CCNC(=O)c3ccc(-c4ccnc(N5CCCC5C(=O)O)n4)cc3)cc12. The van der Waals surface area contributed by atoms with E-state index in [0.717, 1.165) is 28.5 Å². The number of amides is 1. The topological polar surface area (TPSA) is 135 Å². The van der Waals surface area contributed by atoms with Gasteiger partial charge in [0.15, 0.2) is 0 Å². The number of aromatic amines is 1. The van der Waals surface area contributed by atoms with E-state index < -0.39 is 12.0 Å². The summed E-state index contributed by atoms with van der Waals surface area (Å²) in [5.41, 5.74) is 4.57. The van der Waals surface area contributed by atoms with Gasteiger partial charge in [0.25, 0.3) is 5.91 Å². The average molecular weight is 481 g/mol. The number of carbonyl (C=O) groups is 2. The van der Waals surface area contributed by atoms with E-state index in [1.54, 1.807) is 35.5 Å². The minimum atomic E-state index is -0.867. The number of aromatic nitrogens is 3. The summed E-state index contributed by atoms with van der Waals surface area (Å²) in [6, 6.07) is 16.4. The van der Waals surface area contributed by atoms with Crippen LogP contribution in [0, 0.1) is 11.3 Å². The molecule has 9 heteroatoms. The van der Waals surface area contributed by atoms with Crippen LogP contribution in [0.15, 0.2) is 60.9 Å². The summed E-state index contributed by atoms with van der Waals surface area (Å²) >= 11 is 0. The van der Waals surface area contributed by atoms with Crippen LogP contribution in [0.1, 0.15) is 34.3 Å². The zero-order chi connectivity index (χ0) is 25.1. The Morgan fingerprint density at radius 1 is 1.19 bits per heavy atom. The molecule has 1 aliphatic heterocycles. The number of carboxylic acids is 1. The lowest BCUT2D eigenvalue weighted by molar-refractivity contribution is -0.138. The van der Waals surface area contributed by atoms with Crippen LogP contribution in [0.25, 0.3) is 22.2 Å². The summed E-state index contributed by atoms with van der Waals surface area (Å²) in [6.45, 7) is 1.08. The van der Waals surface area contributed by atoms with E-state index in [-0.39, 0.29) is 5.91 Å². The Morgan fingerprint density at radius 2 is 2.03 bits per heavy atom. The zero-order valence-electron chi connectivity index (χ0n) is 19.4. The summed E-state index contributed by atoms with van der Waals surface area (Å²) in [5.74, 6) is -0.639. The largest absolute Gasteiger partial charge is 0.480 e. The van der Waals surface area contributed by atoms with Gasteiger partial charge in [-0.3, -0.25) is 4.79 Å². The number of nitrogens with zero attached hydrogens (tertiary/aromatic N) is 4. The van der Waals surface area contributed by atoms with E-state index in [2.05, 4.69) is 26.3 Å². The molecule has 1 unspecified atom stereocenters. The number of hydrogen-bond acceptors (Lipinski definition) is 6. The van der Waals surface area contributed by atoms with Crippen molar-refractivity contribution in [2.75, 3.05) is 18.0 Å². The number of carboxylic acid groups (broad SMARTS) is 1. The second-order valence-electron chi connectivity index (χ2n) is 8.71. The Morgan fingerprint density at radius 3 is 2.81 bits per heavy atom. The molecule has 3 N–H and O–H groups in total. The maximum Gasteiger partial charge on any atom is 0.326 e. The molecule has 180 valence electrons. The Labute approximate surface area is 207 Å². The summed E-state index contributed by atoms with van der Waals surface area (Å²) in [6.07, 6.45) is 5.33. The van der Waals surface area contributed by atoms with Gasteiger partial charge in [-0.25, -0.2) is 14.8 Å². The van der Waals surface area contributed by atoms with Crippen molar-refractivity contribution in [1.29, 1.82) is 5.26 Å². The van der Waals surface area contributed by atoms with Gasteiger partial charge in [-0.15, -0.1) is 0 Å². The molecule has 1 atom stereocenters. The van der Waals surface area contributed by atoms with Gasteiger partial charge < -0.3 is 20.3 Å². The van der Waals surface area contributed by atoms with Crippen molar-refractivity contribution >= 4 is 28.7 Å². The fraction of sp³-hybridized carbons (Fsp3) is 0.222. The number of benzene rings is 2. The third-order valence-corrected chi connectivity index (χ3v) is 6.45. The summed E-state index contributed by atoms with van der Waals surface area (Å²) in [4.78, 5) is 37.8. The molecule has 4 aromatic rings. The maximum absolute atomic E-state index is 12.6. The van der Waals surface area contributed by atoms with Crippen molar-refractivity contribution < 1.29 is 14.7 Å². The number of anilines is 1. The Kier molecular flexibility index (Phi) is 6.33. The fourth-order valence-electron chi connectivity index (χ4n) is 4.54. The molecule has 3 heterocycles. The Bertz CT molecular complexity index is 1470. The third-order valence-electron chi connectivity index (χ3n) is 6.45. The molecular formula is C27H24N6O3. The molecule has 1 amide bonds.